The molecule has 0 aromatic heterocycles. The maximum atomic E-state index is 9.79. The number of anilines is 1. The zero-order chi connectivity index (χ0) is 12.4. The third kappa shape index (κ3) is 2.58. The number of aliphatic hydroxyl groups excluding tert-OH is 3. The van der Waals surface area contributed by atoms with Crippen molar-refractivity contribution in [1.29, 1.82) is 0 Å². The Balaban J connectivity index is 2.06. The molecular weight excluding hydrogens is 222 g/mol. The monoisotopic (exact) mass is 239 g/mol. The Hall–Kier alpha value is -1.14. The second kappa shape index (κ2) is 5.01. The van der Waals surface area contributed by atoms with Crippen molar-refractivity contribution in [2.75, 3.05) is 5.32 Å². The molecule has 1 aliphatic rings. The van der Waals surface area contributed by atoms with E-state index < -0.39 is 30.6 Å². The number of benzene rings is 1. The van der Waals surface area contributed by atoms with Gasteiger partial charge in [0.15, 0.2) is 6.23 Å². The topological polar surface area (TPSA) is 82.0 Å². The molecule has 1 saturated heterocycles. The molecule has 0 saturated carbocycles. The fourth-order valence-electron chi connectivity index (χ4n) is 1.87. The van der Waals surface area contributed by atoms with Crippen LogP contribution >= 0.6 is 0 Å². The molecule has 0 bridgehead atoms. The highest BCUT2D eigenvalue weighted by Crippen LogP contribution is 2.22. The highest BCUT2D eigenvalue weighted by atomic mass is 16.5. The van der Waals surface area contributed by atoms with E-state index in [2.05, 4.69) is 5.32 Å². The second-order valence-corrected chi connectivity index (χ2v) is 4.24. The largest absolute Gasteiger partial charge is 0.388 e. The van der Waals surface area contributed by atoms with E-state index in [0.29, 0.717) is 0 Å². The van der Waals surface area contributed by atoms with E-state index in [0.717, 1.165) is 5.69 Å². The Kier molecular flexibility index (Phi) is 3.63. The van der Waals surface area contributed by atoms with Crippen molar-refractivity contribution in [1.82, 2.24) is 0 Å². The lowest BCUT2D eigenvalue weighted by Crippen LogP contribution is -2.58. The molecule has 5 nitrogen and oxygen atoms in total. The molecule has 1 heterocycles. The smallest absolute Gasteiger partial charge is 0.157 e. The summed E-state index contributed by atoms with van der Waals surface area (Å²) in [5.41, 5.74) is 0.785. The first-order valence-corrected chi connectivity index (χ1v) is 5.61. The standard InChI is InChI=1S/C12H17NO4/c1-7-9(14)10(15)11(16)12(17-7)13-8-5-3-2-4-6-8/h2-7,9-16H,1H3/t7-,9-,10-,11-,12+/m0/s1. The molecule has 0 radical (unpaired) electrons. The van der Waals surface area contributed by atoms with E-state index in [9.17, 15) is 15.3 Å². The summed E-state index contributed by atoms with van der Waals surface area (Å²) in [6.45, 7) is 1.65. The summed E-state index contributed by atoms with van der Waals surface area (Å²) in [6, 6.07) is 9.25. The lowest BCUT2D eigenvalue weighted by molar-refractivity contribution is -0.209. The van der Waals surface area contributed by atoms with Gasteiger partial charge in [-0.1, -0.05) is 18.2 Å². The van der Waals surface area contributed by atoms with Crippen molar-refractivity contribution in [3.8, 4) is 0 Å². The van der Waals surface area contributed by atoms with Gasteiger partial charge >= 0.3 is 0 Å². The maximum absolute atomic E-state index is 9.79. The van der Waals surface area contributed by atoms with Gasteiger partial charge in [0.25, 0.3) is 0 Å². The molecule has 5 atom stereocenters. The fraction of sp³-hybridized carbons (Fsp3) is 0.500. The van der Waals surface area contributed by atoms with Gasteiger partial charge in [0, 0.05) is 5.69 Å². The van der Waals surface area contributed by atoms with Crippen molar-refractivity contribution in [3.63, 3.8) is 0 Å². The van der Waals surface area contributed by atoms with Crippen LogP contribution in [0.25, 0.3) is 0 Å². The Morgan fingerprint density at radius 3 is 2.29 bits per heavy atom. The number of para-hydroxylation sites is 1. The first kappa shape index (κ1) is 12.3. The summed E-state index contributed by atoms with van der Waals surface area (Å²) in [4.78, 5) is 0. The van der Waals surface area contributed by atoms with Crippen molar-refractivity contribution in [2.24, 2.45) is 0 Å². The molecular formula is C12H17NO4. The van der Waals surface area contributed by atoms with E-state index >= 15 is 0 Å². The Morgan fingerprint density at radius 1 is 1.00 bits per heavy atom. The molecule has 0 spiro atoms. The number of hydrogen-bond donors (Lipinski definition) is 4. The van der Waals surface area contributed by atoms with Gasteiger partial charge in [0.05, 0.1) is 6.10 Å². The zero-order valence-electron chi connectivity index (χ0n) is 9.52. The van der Waals surface area contributed by atoms with Gasteiger partial charge < -0.3 is 25.4 Å². The predicted molar refractivity (Wildman–Crippen MR) is 62.4 cm³/mol. The van der Waals surface area contributed by atoms with Crippen LogP contribution in [0.4, 0.5) is 5.69 Å². The molecule has 1 aliphatic heterocycles. The number of aliphatic hydroxyl groups is 3. The van der Waals surface area contributed by atoms with Gasteiger partial charge in [-0.05, 0) is 19.1 Å². The van der Waals surface area contributed by atoms with Crippen molar-refractivity contribution < 1.29 is 20.1 Å². The van der Waals surface area contributed by atoms with Gasteiger partial charge in [0.2, 0.25) is 0 Å². The maximum Gasteiger partial charge on any atom is 0.157 e. The van der Waals surface area contributed by atoms with Crippen LogP contribution < -0.4 is 5.32 Å². The second-order valence-electron chi connectivity index (χ2n) is 4.24. The average Bonchev–Trinajstić information content (AvgIpc) is 2.35. The average molecular weight is 239 g/mol. The first-order valence-electron chi connectivity index (χ1n) is 5.61. The van der Waals surface area contributed by atoms with Gasteiger partial charge in [-0.25, -0.2) is 0 Å². The van der Waals surface area contributed by atoms with E-state index in [1.54, 1.807) is 6.92 Å². The van der Waals surface area contributed by atoms with Crippen LogP contribution in [-0.2, 0) is 4.74 Å². The van der Waals surface area contributed by atoms with Crippen molar-refractivity contribution >= 4 is 5.69 Å². The van der Waals surface area contributed by atoms with Gasteiger partial charge in [-0.3, -0.25) is 0 Å². The lowest BCUT2D eigenvalue weighted by Gasteiger charge is -2.39. The zero-order valence-corrected chi connectivity index (χ0v) is 9.52. The third-order valence-corrected chi connectivity index (χ3v) is 2.93. The van der Waals surface area contributed by atoms with Crippen LogP contribution in [0.15, 0.2) is 30.3 Å². The van der Waals surface area contributed by atoms with Crippen LogP contribution in [-0.4, -0.2) is 46.0 Å². The van der Waals surface area contributed by atoms with Gasteiger partial charge in [-0.15, -0.1) is 0 Å². The predicted octanol–water partition coefficient (Wildman–Crippen LogP) is -0.0740. The highest BCUT2D eigenvalue weighted by molar-refractivity contribution is 5.43. The minimum atomic E-state index is -1.21. The van der Waals surface area contributed by atoms with Crippen LogP contribution in [0.2, 0.25) is 0 Å². The molecule has 1 fully saturated rings. The summed E-state index contributed by atoms with van der Waals surface area (Å²) in [5.74, 6) is 0. The van der Waals surface area contributed by atoms with Crippen molar-refractivity contribution in [2.45, 2.75) is 37.6 Å². The molecule has 4 N–H and O–H groups in total. The number of hydrogen-bond acceptors (Lipinski definition) is 5. The van der Waals surface area contributed by atoms with E-state index in [1.807, 2.05) is 30.3 Å². The normalized spacial score (nSPS) is 37.8. The van der Waals surface area contributed by atoms with Crippen LogP contribution in [0.3, 0.4) is 0 Å². The quantitative estimate of drug-likeness (QED) is 0.580. The minimum absolute atomic E-state index is 0.533. The van der Waals surface area contributed by atoms with Crippen LogP contribution in [0, 0.1) is 0 Å². The Bertz CT molecular complexity index is 359. The molecule has 5 heteroatoms. The first-order chi connectivity index (χ1) is 8.09. The van der Waals surface area contributed by atoms with E-state index in [-0.39, 0.29) is 0 Å². The molecule has 0 unspecified atom stereocenters. The van der Waals surface area contributed by atoms with Crippen LogP contribution in [0.1, 0.15) is 6.92 Å². The summed E-state index contributed by atoms with van der Waals surface area (Å²) in [5, 5.41) is 31.9. The molecule has 1 aromatic rings. The highest BCUT2D eigenvalue weighted by Gasteiger charge is 2.41. The SMILES string of the molecule is C[C@@H]1O[C@@H](Nc2ccccc2)[C@@H](O)[C@@H](O)[C@H]1O. The summed E-state index contributed by atoms with van der Waals surface area (Å²) in [7, 11) is 0. The molecule has 0 amide bonds. The molecule has 0 aliphatic carbocycles. The molecule has 1 aromatic carbocycles. The minimum Gasteiger partial charge on any atom is -0.388 e. The third-order valence-electron chi connectivity index (χ3n) is 2.93. The van der Waals surface area contributed by atoms with E-state index in [1.165, 1.54) is 0 Å². The number of rotatable bonds is 2. The van der Waals surface area contributed by atoms with Gasteiger partial charge in [0.1, 0.15) is 18.3 Å². The van der Waals surface area contributed by atoms with E-state index in [4.69, 9.17) is 4.74 Å². The van der Waals surface area contributed by atoms with Gasteiger partial charge in [-0.2, -0.15) is 0 Å². The molecule has 94 valence electrons. The number of ether oxygens (including phenoxy) is 1. The fourth-order valence-corrected chi connectivity index (χ4v) is 1.87. The Morgan fingerprint density at radius 2 is 1.65 bits per heavy atom. The summed E-state index contributed by atoms with van der Waals surface area (Å²) >= 11 is 0. The summed E-state index contributed by atoms with van der Waals surface area (Å²) in [6.07, 6.45) is -4.71. The lowest BCUT2D eigenvalue weighted by atomic mass is 9.99. The van der Waals surface area contributed by atoms with Crippen molar-refractivity contribution in [3.05, 3.63) is 30.3 Å². The molecule has 17 heavy (non-hydrogen) atoms. The molecule has 2 rings (SSSR count). The summed E-state index contributed by atoms with van der Waals surface area (Å²) < 4.78 is 5.41. The van der Waals surface area contributed by atoms with Crippen LogP contribution in [0.5, 0.6) is 0 Å². The number of nitrogens with one attached hydrogen (secondary N) is 1. The Labute approximate surface area is 99.7 Å².